The third-order valence-electron chi connectivity index (χ3n) is 4.77. The van der Waals surface area contributed by atoms with Gasteiger partial charge < -0.3 is 14.9 Å². The van der Waals surface area contributed by atoms with Gasteiger partial charge in [-0.15, -0.1) is 0 Å². The van der Waals surface area contributed by atoms with Crippen LogP contribution in [0, 0.1) is 11.8 Å². The number of carbonyl (C=O) groups is 2. The molecule has 0 saturated heterocycles. The van der Waals surface area contributed by atoms with Crippen LogP contribution in [-0.2, 0) is 14.3 Å². The van der Waals surface area contributed by atoms with Gasteiger partial charge in [-0.1, -0.05) is 26.2 Å². The fraction of sp³-hybridized carbons (Fsp3) is 0.889. The summed E-state index contributed by atoms with van der Waals surface area (Å²) in [6.07, 6.45) is 5.08. The molecule has 0 aromatic rings. The van der Waals surface area contributed by atoms with E-state index in [1.807, 2.05) is 0 Å². The number of hydrogen-bond donors (Lipinski definition) is 2. The van der Waals surface area contributed by atoms with Gasteiger partial charge in [0.05, 0.1) is 18.8 Å². The van der Waals surface area contributed by atoms with Gasteiger partial charge in [0.25, 0.3) is 0 Å². The SMILES string of the molecule is CCCCCC(O)CCC1C(O)CC(=O)C1CCC(=O)OCC. The van der Waals surface area contributed by atoms with E-state index in [-0.39, 0.29) is 42.5 Å². The second-order valence-corrected chi connectivity index (χ2v) is 6.58. The highest BCUT2D eigenvalue weighted by Gasteiger charge is 2.41. The summed E-state index contributed by atoms with van der Waals surface area (Å²) >= 11 is 0. The maximum absolute atomic E-state index is 12.0. The normalized spacial score (nSPS) is 25.6. The quantitative estimate of drug-likeness (QED) is 0.450. The molecular formula is C18H32O5. The zero-order valence-corrected chi connectivity index (χ0v) is 14.5. The van der Waals surface area contributed by atoms with Crippen LogP contribution in [0.1, 0.15) is 71.6 Å². The standard InChI is InChI=1S/C18H32O5/c1-3-5-6-7-13(19)8-9-14-15(17(21)12-16(14)20)10-11-18(22)23-4-2/h13-16,19-20H,3-12H2,1-2H3. The fourth-order valence-corrected chi connectivity index (χ4v) is 3.45. The maximum Gasteiger partial charge on any atom is 0.305 e. The Bertz CT molecular complexity index is 368. The van der Waals surface area contributed by atoms with E-state index in [0.717, 1.165) is 25.7 Å². The molecule has 2 N–H and O–H groups in total. The second kappa shape index (κ2) is 10.8. The predicted octanol–water partition coefficient (Wildman–Crippen LogP) is 2.62. The van der Waals surface area contributed by atoms with Crippen LogP contribution in [0.25, 0.3) is 0 Å². The summed E-state index contributed by atoms with van der Waals surface area (Å²) in [6.45, 7) is 4.22. The van der Waals surface area contributed by atoms with Gasteiger partial charge in [0.1, 0.15) is 5.78 Å². The summed E-state index contributed by atoms with van der Waals surface area (Å²) in [7, 11) is 0. The fourth-order valence-electron chi connectivity index (χ4n) is 3.45. The molecule has 134 valence electrons. The predicted molar refractivity (Wildman–Crippen MR) is 87.9 cm³/mol. The lowest BCUT2D eigenvalue weighted by atomic mass is 9.85. The van der Waals surface area contributed by atoms with Crippen molar-refractivity contribution in [3.8, 4) is 0 Å². The third kappa shape index (κ3) is 7.00. The van der Waals surface area contributed by atoms with Gasteiger partial charge in [-0.2, -0.15) is 0 Å². The second-order valence-electron chi connectivity index (χ2n) is 6.58. The minimum Gasteiger partial charge on any atom is -0.466 e. The average Bonchev–Trinajstić information content (AvgIpc) is 2.77. The van der Waals surface area contributed by atoms with Crippen LogP contribution >= 0.6 is 0 Å². The van der Waals surface area contributed by atoms with Gasteiger partial charge in [-0.25, -0.2) is 0 Å². The number of ketones is 1. The number of esters is 1. The molecule has 0 radical (unpaired) electrons. The number of aliphatic hydroxyl groups is 2. The molecule has 0 aromatic carbocycles. The highest BCUT2D eigenvalue weighted by atomic mass is 16.5. The molecule has 0 bridgehead atoms. The Morgan fingerprint density at radius 1 is 1.26 bits per heavy atom. The topological polar surface area (TPSA) is 83.8 Å². The molecule has 5 nitrogen and oxygen atoms in total. The van der Waals surface area contributed by atoms with Crippen LogP contribution < -0.4 is 0 Å². The first-order chi connectivity index (χ1) is 11.0. The van der Waals surface area contributed by atoms with Crippen molar-refractivity contribution in [3.63, 3.8) is 0 Å². The molecule has 1 aliphatic carbocycles. The molecule has 0 heterocycles. The molecule has 4 atom stereocenters. The van der Waals surface area contributed by atoms with E-state index in [1.54, 1.807) is 6.92 Å². The van der Waals surface area contributed by atoms with Crippen LogP contribution in [0.5, 0.6) is 0 Å². The Morgan fingerprint density at radius 3 is 2.65 bits per heavy atom. The first-order valence-corrected chi connectivity index (χ1v) is 9.04. The molecule has 0 aliphatic heterocycles. The highest BCUT2D eigenvalue weighted by molar-refractivity contribution is 5.84. The summed E-state index contributed by atoms with van der Waals surface area (Å²) < 4.78 is 4.90. The highest BCUT2D eigenvalue weighted by Crippen LogP contribution is 2.36. The van der Waals surface area contributed by atoms with Gasteiger partial charge in [-0.3, -0.25) is 9.59 Å². The number of aliphatic hydroxyl groups excluding tert-OH is 2. The molecule has 5 heteroatoms. The number of carbonyl (C=O) groups excluding carboxylic acids is 2. The van der Waals surface area contributed by atoms with Crippen LogP contribution in [0.3, 0.4) is 0 Å². The summed E-state index contributed by atoms with van der Waals surface area (Å²) in [5.41, 5.74) is 0. The van der Waals surface area contributed by atoms with E-state index in [4.69, 9.17) is 4.74 Å². The van der Waals surface area contributed by atoms with E-state index in [9.17, 15) is 19.8 Å². The minimum atomic E-state index is -0.641. The van der Waals surface area contributed by atoms with Gasteiger partial charge >= 0.3 is 5.97 Å². The van der Waals surface area contributed by atoms with Crippen molar-refractivity contribution in [3.05, 3.63) is 0 Å². The van der Waals surface area contributed by atoms with Crippen LogP contribution in [0.4, 0.5) is 0 Å². The van der Waals surface area contributed by atoms with Crippen LogP contribution in [0.15, 0.2) is 0 Å². The molecule has 4 unspecified atom stereocenters. The largest absolute Gasteiger partial charge is 0.466 e. The molecule has 0 amide bonds. The van der Waals surface area contributed by atoms with Gasteiger partial charge in [0.15, 0.2) is 0 Å². The number of hydrogen-bond acceptors (Lipinski definition) is 5. The Kier molecular flexibility index (Phi) is 9.41. The smallest absolute Gasteiger partial charge is 0.305 e. The molecule has 23 heavy (non-hydrogen) atoms. The summed E-state index contributed by atoms with van der Waals surface area (Å²) in [5.74, 6) is -0.678. The van der Waals surface area contributed by atoms with E-state index in [1.165, 1.54) is 0 Å². The van der Waals surface area contributed by atoms with Gasteiger partial charge in [-0.05, 0) is 38.5 Å². The number of Topliss-reactive ketones (excluding diaryl/α,β-unsaturated/α-hetero) is 1. The molecular weight excluding hydrogens is 296 g/mol. The molecule has 1 aliphatic rings. The van der Waals surface area contributed by atoms with Crippen molar-refractivity contribution >= 4 is 11.8 Å². The summed E-state index contributed by atoms with van der Waals surface area (Å²) in [4.78, 5) is 23.5. The van der Waals surface area contributed by atoms with Crippen molar-refractivity contribution in [2.75, 3.05) is 6.61 Å². The molecule has 1 saturated carbocycles. The molecule has 1 fully saturated rings. The van der Waals surface area contributed by atoms with E-state index < -0.39 is 6.10 Å². The lowest BCUT2D eigenvalue weighted by molar-refractivity contribution is -0.143. The van der Waals surface area contributed by atoms with Crippen molar-refractivity contribution in [2.45, 2.75) is 83.8 Å². The lowest BCUT2D eigenvalue weighted by Gasteiger charge is -2.22. The zero-order valence-electron chi connectivity index (χ0n) is 14.5. The first kappa shape index (κ1) is 20.1. The van der Waals surface area contributed by atoms with Crippen LogP contribution in [0.2, 0.25) is 0 Å². The Labute approximate surface area is 139 Å². The van der Waals surface area contributed by atoms with E-state index >= 15 is 0 Å². The first-order valence-electron chi connectivity index (χ1n) is 9.04. The van der Waals surface area contributed by atoms with Gasteiger partial charge in [0, 0.05) is 18.8 Å². The van der Waals surface area contributed by atoms with E-state index in [0.29, 0.717) is 25.9 Å². The Hall–Kier alpha value is -0.940. The Balaban J connectivity index is 2.43. The summed E-state index contributed by atoms with van der Waals surface area (Å²) in [6, 6.07) is 0. The lowest BCUT2D eigenvalue weighted by Crippen LogP contribution is -2.23. The monoisotopic (exact) mass is 328 g/mol. The van der Waals surface area contributed by atoms with Crippen molar-refractivity contribution in [2.24, 2.45) is 11.8 Å². The third-order valence-corrected chi connectivity index (χ3v) is 4.77. The Morgan fingerprint density at radius 2 is 2.00 bits per heavy atom. The molecule has 0 aromatic heterocycles. The van der Waals surface area contributed by atoms with Crippen molar-refractivity contribution in [1.29, 1.82) is 0 Å². The number of ether oxygens (including phenoxy) is 1. The maximum atomic E-state index is 12.0. The summed E-state index contributed by atoms with van der Waals surface area (Å²) in [5, 5.41) is 20.1. The van der Waals surface area contributed by atoms with E-state index in [2.05, 4.69) is 6.92 Å². The van der Waals surface area contributed by atoms with Crippen LogP contribution in [-0.4, -0.2) is 40.8 Å². The molecule has 0 spiro atoms. The number of unbranched alkanes of at least 4 members (excludes halogenated alkanes) is 2. The van der Waals surface area contributed by atoms with Crippen molar-refractivity contribution in [1.82, 2.24) is 0 Å². The minimum absolute atomic E-state index is 0.0345. The van der Waals surface area contributed by atoms with Gasteiger partial charge in [0.2, 0.25) is 0 Å². The zero-order chi connectivity index (χ0) is 17.2. The molecule has 1 rings (SSSR count). The average molecular weight is 328 g/mol. The van der Waals surface area contributed by atoms with Crippen molar-refractivity contribution < 1.29 is 24.5 Å². The number of rotatable bonds is 11.